The van der Waals surface area contributed by atoms with Crippen LogP contribution in [0.3, 0.4) is 0 Å². The van der Waals surface area contributed by atoms with Gasteiger partial charge in [0.05, 0.1) is 29.0 Å². The first-order valence-electron chi connectivity index (χ1n) is 14.7. The van der Waals surface area contributed by atoms with Crippen LogP contribution in [0.2, 0.25) is 0 Å². The number of rotatable bonds is 10. The number of benzene rings is 1. The number of likely N-dealkylation sites (tertiary alicyclic amines) is 2. The molecule has 4 heterocycles. The summed E-state index contributed by atoms with van der Waals surface area (Å²) in [5.41, 5.74) is 0.577. The Morgan fingerprint density at radius 2 is 1.93 bits per heavy atom. The fourth-order valence-corrected chi connectivity index (χ4v) is 8.34. The molecule has 14 nitrogen and oxygen atoms in total. The van der Waals surface area contributed by atoms with E-state index in [0.29, 0.717) is 43.1 Å². The summed E-state index contributed by atoms with van der Waals surface area (Å²) in [6.07, 6.45) is -0.204. The molecule has 15 heteroatoms. The Bertz CT molecular complexity index is 1370. The molecule has 3 amide bonds. The summed E-state index contributed by atoms with van der Waals surface area (Å²) in [6, 6.07) is 5.02. The van der Waals surface area contributed by atoms with Crippen LogP contribution in [0, 0.1) is 27.9 Å². The zero-order valence-electron chi connectivity index (χ0n) is 24.7. The zero-order chi connectivity index (χ0) is 31.9. The monoisotopic (exact) mass is 631 g/mol. The fraction of sp³-hybridized carbons (Fsp3) is 0.586. The van der Waals surface area contributed by atoms with Gasteiger partial charge < -0.3 is 30.1 Å². The third kappa shape index (κ3) is 6.13. The molecule has 0 bridgehead atoms. The summed E-state index contributed by atoms with van der Waals surface area (Å²) < 4.78 is 5.21. The molecule has 3 N–H and O–H groups in total. The van der Waals surface area contributed by atoms with Crippen molar-refractivity contribution in [3.05, 3.63) is 50.5 Å². The van der Waals surface area contributed by atoms with Crippen LogP contribution in [0.5, 0.6) is 0 Å². The molecule has 0 radical (unpaired) electrons. The lowest BCUT2D eigenvalue weighted by Crippen LogP contribution is -2.63. The molecule has 0 unspecified atom stereocenters. The normalized spacial score (nSPS) is 29.0. The lowest BCUT2D eigenvalue weighted by Gasteiger charge is -2.46. The number of hydrogen-bond acceptors (Lipinski definition) is 10. The van der Waals surface area contributed by atoms with Crippen molar-refractivity contribution < 1.29 is 39.1 Å². The first-order valence-corrected chi connectivity index (χ1v) is 15.5. The SMILES string of the molecule is C[C@@H](O)[C@H]1C(=O)N2C(C(=O)O)=C(S[C@H]3C[C@@H](C(=O)N4CC[C@H](CNC(=O)OCc5ccc([N+](=O)[O-])cc5)C4)N(C)C3)[C@H](C)[C@H]12. The number of ether oxygens (including phenoxy) is 1. The maximum absolute atomic E-state index is 13.5. The third-order valence-corrected chi connectivity index (χ3v) is 10.5. The number of non-ortho nitro benzene ring substituents is 1. The number of carboxylic acid groups (broad SMARTS) is 1. The van der Waals surface area contributed by atoms with Gasteiger partial charge in [-0.15, -0.1) is 11.8 Å². The molecular weight excluding hydrogens is 594 g/mol. The van der Waals surface area contributed by atoms with Crippen molar-refractivity contribution in [2.75, 3.05) is 33.2 Å². The standard InChI is InChI=1S/C29H37N5O9S/c1-15-23-22(16(2)35)27(37)33(23)24(28(38)39)25(15)44-20-10-21(31(3)13-20)26(36)32-9-8-18(12-32)11-30-29(40)43-14-17-4-6-19(7-5-17)34(41)42/h4-7,15-16,18,20-23,35H,8-14H2,1-3H3,(H,30,40)(H,38,39)/t15-,16-,18-,20+,21+,22-,23-/m1/s1. The Morgan fingerprint density at radius 1 is 1.23 bits per heavy atom. The quantitative estimate of drug-likeness (QED) is 0.194. The Labute approximate surface area is 258 Å². The largest absolute Gasteiger partial charge is 0.477 e. The van der Waals surface area contributed by atoms with E-state index in [1.807, 2.05) is 18.9 Å². The predicted octanol–water partition coefficient (Wildman–Crippen LogP) is 1.63. The van der Waals surface area contributed by atoms with Gasteiger partial charge in [0.2, 0.25) is 11.8 Å². The van der Waals surface area contributed by atoms with Crippen LogP contribution >= 0.6 is 11.8 Å². The molecule has 4 aliphatic rings. The van der Waals surface area contributed by atoms with E-state index in [-0.39, 0.29) is 59.0 Å². The molecule has 1 aromatic rings. The van der Waals surface area contributed by atoms with Crippen LogP contribution in [0.4, 0.5) is 10.5 Å². The van der Waals surface area contributed by atoms with Crippen LogP contribution in [0.25, 0.3) is 0 Å². The van der Waals surface area contributed by atoms with E-state index in [1.54, 1.807) is 11.8 Å². The van der Waals surface area contributed by atoms with Crippen LogP contribution in [-0.2, 0) is 25.7 Å². The molecule has 4 aliphatic heterocycles. The predicted molar refractivity (Wildman–Crippen MR) is 158 cm³/mol. The maximum atomic E-state index is 13.5. The van der Waals surface area contributed by atoms with Crippen molar-refractivity contribution in [2.45, 2.75) is 56.7 Å². The molecule has 5 rings (SSSR count). The molecule has 0 aliphatic carbocycles. The minimum absolute atomic E-state index is 0.000998. The van der Waals surface area contributed by atoms with Gasteiger partial charge in [-0.3, -0.25) is 24.6 Å². The van der Waals surface area contributed by atoms with Crippen molar-refractivity contribution in [1.82, 2.24) is 20.0 Å². The summed E-state index contributed by atoms with van der Waals surface area (Å²) in [7, 11) is 1.88. The molecule has 7 atom stereocenters. The van der Waals surface area contributed by atoms with Crippen molar-refractivity contribution >= 4 is 41.3 Å². The Balaban J connectivity index is 1.10. The number of nitro benzene ring substituents is 1. The highest BCUT2D eigenvalue weighted by molar-refractivity contribution is 8.03. The van der Waals surface area contributed by atoms with Gasteiger partial charge in [0.25, 0.3) is 5.69 Å². The Kier molecular flexibility index (Phi) is 9.18. The number of alkyl carbamates (subject to hydrolysis) is 1. The number of carboxylic acids is 1. The van der Waals surface area contributed by atoms with Crippen molar-refractivity contribution in [3.8, 4) is 0 Å². The summed E-state index contributed by atoms with van der Waals surface area (Å²) in [5.74, 6) is -2.31. The zero-order valence-corrected chi connectivity index (χ0v) is 25.6. The fourth-order valence-electron chi connectivity index (χ4n) is 6.74. The minimum Gasteiger partial charge on any atom is -0.477 e. The average molecular weight is 632 g/mol. The highest BCUT2D eigenvalue weighted by atomic mass is 32.2. The van der Waals surface area contributed by atoms with Gasteiger partial charge in [-0.1, -0.05) is 6.92 Å². The van der Waals surface area contributed by atoms with Crippen LogP contribution in [0.1, 0.15) is 32.3 Å². The molecule has 1 aromatic carbocycles. The molecule has 3 fully saturated rings. The number of thioether (sulfide) groups is 1. The average Bonchev–Trinajstić information content (AvgIpc) is 3.66. The number of carbonyl (C=O) groups excluding carboxylic acids is 3. The number of aliphatic carboxylic acids is 1. The van der Waals surface area contributed by atoms with Crippen molar-refractivity contribution in [1.29, 1.82) is 0 Å². The number of aliphatic hydroxyl groups is 1. The van der Waals surface area contributed by atoms with E-state index in [9.17, 15) is 39.5 Å². The second-order valence-corrected chi connectivity index (χ2v) is 13.4. The molecule has 0 saturated carbocycles. The molecule has 0 aromatic heterocycles. The van der Waals surface area contributed by atoms with E-state index >= 15 is 0 Å². The smallest absolute Gasteiger partial charge is 0.407 e. The Morgan fingerprint density at radius 3 is 2.57 bits per heavy atom. The second-order valence-electron chi connectivity index (χ2n) is 12.0. The third-order valence-electron chi connectivity index (χ3n) is 9.05. The summed E-state index contributed by atoms with van der Waals surface area (Å²) >= 11 is 1.43. The van der Waals surface area contributed by atoms with Crippen LogP contribution < -0.4 is 5.32 Å². The van der Waals surface area contributed by atoms with E-state index in [0.717, 1.165) is 6.42 Å². The lowest BCUT2D eigenvalue weighted by molar-refractivity contribution is -0.384. The molecule has 3 saturated heterocycles. The van der Waals surface area contributed by atoms with Gasteiger partial charge in [-0.05, 0) is 50.4 Å². The molecule has 0 spiro atoms. The van der Waals surface area contributed by atoms with Crippen LogP contribution in [-0.4, -0.2) is 110 Å². The number of hydrogen-bond donors (Lipinski definition) is 3. The summed E-state index contributed by atoms with van der Waals surface area (Å²) in [5, 5.41) is 33.5. The number of β-lactam (4-membered cyclic amide) rings is 1. The summed E-state index contributed by atoms with van der Waals surface area (Å²) in [6.45, 7) is 5.41. The van der Waals surface area contributed by atoms with E-state index in [1.165, 1.54) is 40.9 Å². The highest BCUT2D eigenvalue weighted by Gasteiger charge is 2.60. The second kappa shape index (κ2) is 12.7. The number of nitro groups is 1. The van der Waals surface area contributed by atoms with Crippen LogP contribution in [0.15, 0.2) is 34.9 Å². The topological polar surface area (TPSA) is 183 Å². The van der Waals surface area contributed by atoms with Gasteiger partial charge in [-0.25, -0.2) is 9.59 Å². The van der Waals surface area contributed by atoms with E-state index < -0.39 is 29.0 Å². The molecular formula is C29H37N5O9S. The van der Waals surface area contributed by atoms with Crippen molar-refractivity contribution in [3.63, 3.8) is 0 Å². The van der Waals surface area contributed by atoms with Gasteiger partial charge in [0, 0.05) is 54.4 Å². The van der Waals surface area contributed by atoms with Gasteiger partial charge in [-0.2, -0.15) is 0 Å². The van der Waals surface area contributed by atoms with Gasteiger partial charge in [0.1, 0.15) is 12.3 Å². The maximum Gasteiger partial charge on any atom is 0.407 e. The number of nitrogens with one attached hydrogen (secondary N) is 1. The van der Waals surface area contributed by atoms with E-state index in [4.69, 9.17) is 4.74 Å². The number of nitrogens with zero attached hydrogens (tertiary/aromatic N) is 4. The van der Waals surface area contributed by atoms with Gasteiger partial charge in [0.15, 0.2) is 0 Å². The minimum atomic E-state index is -1.16. The first kappa shape index (κ1) is 31.7. The number of aliphatic hydroxyl groups excluding tert-OH is 1. The number of likely N-dealkylation sites (N-methyl/N-ethyl adjacent to an activating group) is 1. The number of carbonyl (C=O) groups is 4. The Hall–Kier alpha value is -3.69. The lowest BCUT2D eigenvalue weighted by atomic mass is 9.79. The first-order chi connectivity index (χ1) is 20.9. The van der Waals surface area contributed by atoms with Crippen molar-refractivity contribution in [2.24, 2.45) is 17.8 Å². The van der Waals surface area contributed by atoms with Gasteiger partial charge >= 0.3 is 12.1 Å². The molecule has 238 valence electrons. The molecule has 44 heavy (non-hydrogen) atoms. The number of fused-ring (bicyclic) bond motifs is 1. The number of amides is 3. The van der Waals surface area contributed by atoms with E-state index in [2.05, 4.69) is 5.32 Å². The summed E-state index contributed by atoms with van der Waals surface area (Å²) in [4.78, 5) is 66.5. The highest BCUT2D eigenvalue weighted by Crippen LogP contribution is 2.52.